The number of fused-ring (bicyclic) bond motifs is 1. The van der Waals surface area contributed by atoms with E-state index in [1.54, 1.807) is 13.0 Å². The van der Waals surface area contributed by atoms with Crippen LogP contribution in [0.25, 0.3) is 0 Å². The SMILES string of the molecule is Cc1cc2c(cn1)S(=O)(=O)CCO2. The maximum atomic E-state index is 11.5. The average Bonchev–Trinajstić information content (AvgIpc) is 2.02. The van der Waals surface area contributed by atoms with Crippen molar-refractivity contribution < 1.29 is 13.2 Å². The largest absolute Gasteiger partial charge is 0.491 e. The van der Waals surface area contributed by atoms with Gasteiger partial charge in [0.2, 0.25) is 0 Å². The van der Waals surface area contributed by atoms with E-state index in [0.29, 0.717) is 5.75 Å². The van der Waals surface area contributed by atoms with Gasteiger partial charge in [-0.25, -0.2) is 8.42 Å². The summed E-state index contributed by atoms with van der Waals surface area (Å²) in [5, 5.41) is 0. The number of aryl methyl sites for hydroxylation is 1. The molecule has 0 saturated carbocycles. The number of sulfone groups is 1. The van der Waals surface area contributed by atoms with E-state index < -0.39 is 9.84 Å². The summed E-state index contributed by atoms with van der Waals surface area (Å²) in [5.41, 5.74) is 0.760. The van der Waals surface area contributed by atoms with Crippen molar-refractivity contribution in [2.75, 3.05) is 12.4 Å². The van der Waals surface area contributed by atoms with Crippen molar-refractivity contribution >= 4 is 9.84 Å². The van der Waals surface area contributed by atoms with E-state index in [4.69, 9.17) is 4.74 Å². The smallest absolute Gasteiger partial charge is 0.186 e. The van der Waals surface area contributed by atoms with Crippen LogP contribution >= 0.6 is 0 Å². The van der Waals surface area contributed by atoms with E-state index >= 15 is 0 Å². The third kappa shape index (κ3) is 1.39. The zero-order chi connectivity index (χ0) is 9.47. The Bertz CT molecular complexity index is 439. The van der Waals surface area contributed by atoms with E-state index in [2.05, 4.69) is 4.98 Å². The molecule has 0 aliphatic carbocycles. The van der Waals surface area contributed by atoms with E-state index in [1.165, 1.54) is 6.20 Å². The first-order chi connectivity index (χ1) is 6.09. The second-order valence-electron chi connectivity index (χ2n) is 2.94. The Hall–Kier alpha value is -1.10. The molecule has 4 nitrogen and oxygen atoms in total. The number of aromatic nitrogens is 1. The monoisotopic (exact) mass is 199 g/mol. The molecule has 0 amide bonds. The van der Waals surface area contributed by atoms with Gasteiger partial charge in [-0.2, -0.15) is 0 Å². The fraction of sp³-hybridized carbons (Fsp3) is 0.375. The Morgan fingerprint density at radius 2 is 2.31 bits per heavy atom. The quantitative estimate of drug-likeness (QED) is 0.612. The van der Waals surface area contributed by atoms with Crippen LogP contribution in [0.2, 0.25) is 0 Å². The van der Waals surface area contributed by atoms with Gasteiger partial charge in [0.15, 0.2) is 9.84 Å². The van der Waals surface area contributed by atoms with Crippen molar-refractivity contribution in [1.29, 1.82) is 0 Å². The lowest BCUT2D eigenvalue weighted by Gasteiger charge is -2.16. The Kier molecular flexibility index (Phi) is 1.76. The number of pyridine rings is 1. The molecule has 1 aliphatic heterocycles. The van der Waals surface area contributed by atoms with Gasteiger partial charge < -0.3 is 4.74 Å². The summed E-state index contributed by atoms with van der Waals surface area (Å²) in [7, 11) is -3.15. The summed E-state index contributed by atoms with van der Waals surface area (Å²) in [5.74, 6) is 0.476. The van der Waals surface area contributed by atoms with E-state index in [9.17, 15) is 8.42 Å². The first-order valence-corrected chi connectivity index (χ1v) is 5.57. The molecule has 0 fully saturated rings. The number of hydrogen-bond donors (Lipinski definition) is 0. The first kappa shape index (κ1) is 8.50. The van der Waals surface area contributed by atoms with Gasteiger partial charge in [0.1, 0.15) is 17.3 Å². The van der Waals surface area contributed by atoms with Crippen molar-refractivity contribution in [3.8, 4) is 5.75 Å². The highest BCUT2D eigenvalue weighted by Gasteiger charge is 2.25. The van der Waals surface area contributed by atoms with E-state index in [0.717, 1.165) is 5.69 Å². The zero-order valence-electron chi connectivity index (χ0n) is 7.15. The maximum absolute atomic E-state index is 11.5. The summed E-state index contributed by atoms with van der Waals surface area (Å²) < 4.78 is 28.1. The highest BCUT2D eigenvalue weighted by Crippen LogP contribution is 2.27. The molecule has 5 heteroatoms. The Balaban J connectivity index is 2.66. The van der Waals surface area contributed by atoms with Crippen LogP contribution in [0.4, 0.5) is 0 Å². The second kappa shape index (κ2) is 2.70. The van der Waals surface area contributed by atoms with Gasteiger partial charge in [0, 0.05) is 18.0 Å². The fourth-order valence-electron chi connectivity index (χ4n) is 1.24. The molecular formula is C8H9NO3S. The fourth-order valence-corrected chi connectivity index (χ4v) is 2.40. The molecule has 0 aromatic carbocycles. The highest BCUT2D eigenvalue weighted by atomic mass is 32.2. The predicted octanol–water partition coefficient (Wildman–Crippen LogP) is 0.556. The molecule has 1 aromatic heterocycles. The first-order valence-electron chi connectivity index (χ1n) is 3.92. The Morgan fingerprint density at radius 1 is 1.54 bits per heavy atom. The maximum Gasteiger partial charge on any atom is 0.186 e. The lowest BCUT2D eigenvalue weighted by atomic mass is 10.3. The van der Waals surface area contributed by atoms with Crippen LogP contribution in [0.3, 0.4) is 0 Å². The molecule has 1 aliphatic rings. The summed E-state index contributed by atoms with van der Waals surface area (Å²) in [6.45, 7) is 2.03. The number of rotatable bonds is 0. The minimum absolute atomic E-state index is 0.0464. The van der Waals surface area contributed by atoms with Crippen LogP contribution in [0.5, 0.6) is 5.75 Å². The molecule has 0 atom stereocenters. The molecule has 0 bridgehead atoms. The van der Waals surface area contributed by atoms with Crippen LogP contribution in [-0.2, 0) is 9.84 Å². The van der Waals surface area contributed by atoms with Crippen molar-refractivity contribution in [2.24, 2.45) is 0 Å². The van der Waals surface area contributed by atoms with Crippen molar-refractivity contribution in [3.05, 3.63) is 18.0 Å². The van der Waals surface area contributed by atoms with Gasteiger partial charge in [0.25, 0.3) is 0 Å². The number of ether oxygens (including phenoxy) is 1. The Labute approximate surface area is 76.5 Å². The summed E-state index contributed by atoms with van der Waals surface area (Å²) in [6.07, 6.45) is 1.36. The second-order valence-corrected chi connectivity index (χ2v) is 5.02. The summed E-state index contributed by atoms with van der Waals surface area (Å²) in [6, 6.07) is 1.64. The van der Waals surface area contributed by atoms with Gasteiger partial charge in [-0.3, -0.25) is 4.98 Å². The minimum Gasteiger partial charge on any atom is -0.491 e. The van der Waals surface area contributed by atoms with Gasteiger partial charge in [-0.05, 0) is 6.92 Å². The molecular weight excluding hydrogens is 190 g/mol. The van der Waals surface area contributed by atoms with Crippen LogP contribution in [0.1, 0.15) is 5.69 Å². The standard InChI is InChI=1S/C8H9NO3S/c1-6-4-7-8(5-9-6)13(10,11)3-2-12-7/h4-5H,2-3H2,1H3. The summed E-state index contributed by atoms with van der Waals surface area (Å²) >= 11 is 0. The Morgan fingerprint density at radius 3 is 3.08 bits per heavy atom. The molecule has 1 aromatic rings. The van der Waals surface area contributed by atoms with Crippen LogP contribution in [-0.4, -0.2) is 25.8 Å². The van der Waals surface area contributed by atoms with Gasteiger partial charge in [0.05, 0.1) is 5.75 Å². The molecule has 2 heterocycles. The van der Waals surface area contributed by atoms with Crippen molar-refractivity contribution in [3.63, 3.8) is 0 Å². The normalized spacial score (nSPS) is 18.8. The molecule has 2 rings (SSSR count). The lowest BCUT2D eigenvalue weighted by Crippen LogP contribution is -2.21. The minimum atomic E-state index is -3.15. The molecule has 0 radical (unpaired) electrons. The van der Waals surface area contributed by atoms with Crippen molar-refractivity contribution in [1.82, 2.24) is 4.98 Å². The molecule has 0 saturated heterocycles. The molecule has 0 spiro atoms. The third-order valence-electron chi connectivity index (χ3n) is 1.91. The average molecular weight is 199 g/mol. The predicted molar refractivity (Wildman–Crippen MR) is 46.5 cm³/mol. The van der Waals surface area contributed by atoms with Crippen LogP contribution < -0.4 is 4.74 Å². The zero-order valence-corrected chi connectivity index (χ0v) is 7.97. The number of hydrogen-bond acceptors (Lipinski definition) is 4. The molecule has 0 N–H and O–H groups in total. The van der Waals surface area contributed by atoms with Crippen LogP contribution in [0, 0.1) is 6.92 Å². The number of nitrogens with zero attached hydrogens (tertiary/aromatic N) is 1. The van der Waals surface area contributed by atoms with Gasteiger partial charge in [-0.15, -0.1) is 0 Å². The highest BCUT2D eigenvalue weighted by molar-refractivity contribution is 7.91. The third-order valence-corrected chi connectivity index (χ3v) is 3.59. The molecule has 0 unspecified atom stereocenters. The molecule has 70 valence electrons. The van der Waals surface area contributed by atoms with Gasteiger partial charge >= 0.3 is 0 Å². The van der Waals surface area contributed by atoms with Crippen LogP contribution in [0.15, 0.2) is 17.2 Å². The van der Waals surface area contributed by atoms with E-state index in [1.807, 2.05) is 0 Å². The topological polar surface area (TPSA) is 56.3 Å². The van der Waals surface area contributed by atoms with Gasteiger partial charge in [-0.1, -0.05) is 0 Å². The molecule has 13 heavy (non-hydrogen) atoms. The van der Waals surface area contributed by atoms with Crippen molar-refractivity contribution in [2.45, 2.75) is 11.8 Å². The lowest BCUT2D eigenvalue weighted by molar-refractivity contribution is 0.321. The van der Waals surface area contributed by atoms with E-state index in [-0.39, 0.29) is 17.3 Å². The summed E-state index contributed by atoms with van der Waals surface area (Å²) in [4.78, 5) is 4.14.